The Balaban J connectivity index is 1.69. The number of carbonyl (C=O) groups excluding carboxylic acids is 2. The van der Waals surface area contributed by atoms with Gasteiger partial charge >= 0.3 is 6.03 Å². The highest BCUT2D eigenvalue weighted by atomic mass is 19.1. The molecule has 3 N–H and O–H groups in total. The molecular formula is C18H19F2N3O3. The number of nitrogens with one attached hydrogen (secondary N) is 3. The molecule has 2 aromatic rings. The van der Waals surface area contributed by atoms with E-state index in [2.05, 4.69) is 16.0 Å². The van der Waals surface area contributed by atoms with E-state index in [0.717, 1.165) is 18.2 Å². The highest BCUT2D eigenvalue weighted by Gasteiger charge is 2.07. The summed E-state index contributed by atoms with van der Waals surface area (Å²) in [5.74, 6) is -0.949. The maximum absolute atomic E-state index is 13.4. The summed E-state index contributed by atoms with van der Waals surface area (Å²) in [6.07, 6.45) is 0.503. The zero-order valence-electron chi connectivity index (χ0n) is 14.1. The first kappa shape index (κ1) is 19.2. The van der Waals surface area contributed by atoms with Crippen molar-refractivity contribution in [2.75, 3.05) is 23.8 Å². The smallest absolute Gasteiger partial charge is 0.319 e. The number of benzene rings is 2. The molecule has 6 nitrogen and oxygen atoms in total. The van der Waals surface area contributed by atoms with Crippen LogP contribution in [0, 0.1) is 11.6 Å². The first-order valence-electron chi connectivity index (χ1n) is 7.94. The van der Waals surface area contributed by atoms with Crippen molar-refractivity contribution in [3.8, 4) is 5.75 Å². The summed E-state index contributed by atoms with van der Waals surface area (Å²) in [7, 11) is 0. The van der Waals surface area contributed by atoms with Gasteiger partial charge in [-0.1, -0.05) is 6.07 Å². The Morgan fingerprint density at radius 1 is 1.08 bits per heavy atom. The molecule has 26 heavy (non-hydrogen) atoms. The average Bonchev–Trinajstić information content (AvgIpc) is 2.57. The number of rotatable bonds is 7. The molecule has 0 unspecified atom stereocenters. The van der Waals surface area contributed by atoms with Crippen molar-refractivity contribution in [3.05, 3.63) is 54.1 Å². The van der Waals surface area contributed by atoms with E-state index in [0.29, 0.717) is 24.5 Å². The molecule has 2 aromatic carbocycles. The maximum Gasteiger partial charge on any atom is 0.319 e. The van der Waals surface area contributed by atoms with Crippen LogP contribution >= 0.6 is 0 Å². The predicted molar refractivity (Wildman–Crippen MR) is 94.2 cm³/mol. The van der Waals surface area contributed by atoms with Crippen molar-refractivity contribution in [2.45, 2.75) is 13.3 Å². The minimum absolute atomic E-state index is 0.174. The number of ether oxygens (including phenoxy) is 1. The van der Waals surface area contributed by atoms with Gasteiger partial charge in [-0.05, 0) is 30.7 Å². The number of hydrogen-bond donors (Lipinski definition) is 3. The number of urea groups is 1. The van der Waals surface area contributed by atoms with Crippen LogP contribution in [0.1, 0.15) is 13.3 Å². The van der Waals surface area contributed by atoms with Gasteiger partial charge in [0.15, 0.2) is 0 Å². The summed E-state index contributed by atoms with van der Waals surface area (Å²) in [4.78, 5) is 22.7. The normalized spacial score (nSPS) is 10.1. The monoisotopic (exact) mass is 363 g/mol. The fraction of sp³-hybridized carbons (Fsp3) is 0.222. The second-order valence-corrected chi connectivity index (χ2v) is 5.42. The summed E-state index contributed by atoms with van der Waals surface area (Å²) >= 11 is 0. The molecule has 2 rings (SSSR count). The second-order valence-electron chi connectivity index (χ2n) is 5.42. The van der Waals surface area contributed by atoms with Crippen molar-refractivity contribution in [1.29, 1.82) is 0 Å². The van der Waals surface area contributed by atoms with Gasteiger partial charge in [0.2, 0.25) is 5.91 Å². The zero-order chi connectivity index (χ0) is 18.9. The third-order valence-electron chi connectivity index (χ3n) is 3.21. The van der Waals surface area contributed by atoms with E-state index in [1.807, 2.05) is 0 Å². The Morgan fingerprint density at radius 3 is 2.65 bits per heavy atom. The highest BCUT2D eigenvalue weighted by molar-refractivity contribution is 5.89. The molecule has 0 aliphatic rings. The standard InChI is InChI=1S/C18H19F2N3O3/c1-12(24)22-14-4-2-5-15(11-14)26-9-3-8-21-18(25)23-17-10-13(19)6-7-16(17)20/h2,4-7,10-11H,3,8-9H2,1H3,(H,22,24)(H2,21,23,25). The van der Waals surface area contributed by atoms with Gasteiger partial charge in [-0.15, -0.1) is 0 Å². The van der Waals surface area contributed by atoms with E-state index < -0.39 is 17.7 Å². The van der Waals surface area contributed by atoms with Crippen LogP contribution < -0.4 is 20.7 Å². The van der Waals surface area contributed by atoms with E-state index in [9.17, 15) is 18.4 Å². The number of halogens is 2. The van der Waals surface area contributed by atoms with Crippen LogP contribution in [-0.2, 0) is 4.79 Å². The molecule has 0 bridgehead atoms. The Kier molecular flexibility index (Phi) is 6.90. The summed E-state index contributed by atoms with van der Waals surface area (Å²) in [6, 6.07) is 9.10. The van der Waals surface area contributed by atoms with Gasteiger partial charge in [-0.2, -0.15) is 0 Å². The topological polar surface area (TPSA) is 79.5 Å². The summed E-state index contributed by atoms with van der Waals surface area (Å²) in [6.45, 7) is 2.03. The second kappa shape index (κ2) is 9.36. The third-order valence-corrected chi connectivity index (χ3v) is 3.21. The van der Waals surface area contributed by atoms with Gasteiger partial charge in [0.05, 0.1) is 12.3 Å². The quantitative estimate of drug-likeness (QED) is 0.659. The van der Waals surface area contributed by atoms with E-state index in [1.54, 1.807) is 24.3 Å². The van der Waals surface area contributed by atoms with Crippen molar-refractivity contribution in [3.63, 3.8) is 0 Å². The number of anilines is 2. The van der Waals surface area contributed by atoms with Gasteiger partial charge in [-0.3, -0.25) is 4.79 Å². The maximum atomic E-state index is 13.4. The van der Waals surface area contributed by atoms with Crippen LogP contribution in [0.3, 0.4) is 0 Å². The summed E-state index contributed by atoms with van der Waals surface area (Å²) in [5.41, 5.74) is 0.401. The van der Waals surface area contributed by atoms with Crippen LogP contribution in [-0.4, -0.2) is 25.1 Å². The minimum atomic E-state index is -0.719. The molecule has 138 valence electrons. The predicted octanol–water partition coefficient (Wildman–Crippen LogP) is 3.51. The number of hydrogen-bond acceptors (Lipinski definition) is 3. The largest absolute Gasteiger partial charge is 0.493 e. The zero-order valence-corrected chi connectivity index (χ0v) is 14.1. The van der Waals surface area contributed by atoms with Crippen molar-refractivity contribution < 1.29 is 23.1 Å². The van der Waals surface area contributed by atoms with Crippen LogP contribution in [0.25, 0.3) is 0 Å². The Bertz CT molecular complexity index is 784. The van der Waals surface area contributed by atoms with Gasteiger partial charge in [0.1, 0.15) is 17.4 Å². The van der Waals surface area contributed by atoms with E-state index in [-0.39, 0.29) is 18.1 Å². The fourth-order valence-electron chi connectivity index (χ4n) is 2.09. The molecule has 0 fully saturated rings. The van der Waals surface area contributed by atoms with Crippen molar-refractivity contribution >= 4 is 23.3 Å². The lowest BCUT2D eigenvalue weighted by Crippen LogP contribution is -2.30. The molecule has 3 amide bonds. The van der Waals surface area contributed by atoms with Gasteiger partial charge < -0.3 is 20.7 Å². The Labute approximate surface area is 149 Å². The molecule has 0 aliphatic heterocycles. The van der Waals surface area contributed by atoms with E-state index in [1.165, 1.54) is 6.92 Å². The third kappa shape index (κ3) is 6.39. The number of amides is 3. The van der Waals surface area contributed by atoms with Crippen LogP contribution in [0.5, 0.6) is 5.75 Å². The molecule has 0 radical (unpaired) electrons. The summed E-state index contributed by atoms with van der Waals surface area (Å²) in [5, 5.41) is 7.42. The molecule has 0 aromatic heterocycles. The molecule has 8 heteroatoms. The molecular weight excluding hydrogens is 344 g/mol. The number of carbonyl (C=O) groups is 2. The lowest BCUT2D eigenvalue weighted by molar-refractivity contribution is -0.114. The van der Waals surface area contributed by atoms with Crippen LogP contribution in [0.4, 0.5) is 25.0 Å². The molecule has 0 atom stereocenters. The minimum Gasteiger partial charge on any atom is -0.493 e. The molecule has 0 heterocycles. The van der Waals surface area contributed by atoms with E-state index >= 15 is 0 Å². The Hall–Kier alpha value is -3.16. The first-order chi connectivity index (χ1) is 12.4. The van der Waals surface area contributed by atoms with Gasteiger partial charge in [0, 0.05) is 31.3 Å². The lowest BCUT2D eigenvalue weighted by Gasteiger charge is -2.10. The van der Waals surface area contributed by atoms with E-state index in [4.69, 9.17) is 4.74 Å². The highest BCUT2D eigenvalue weighted by Crippen LogP contribution is 2.17. The van der Waals surface area contributed by atoms with Crippen LogP contribution in [0.2, 0.25) is 0 Å². The molecule has 0 saturated heterocycles. The fourth-order valence-corrected chi connectivity index (χ4v) is 2.09. The molecule has 0 spiro atoms. The van der Waals surface area contributed by atoms with Crippen molar-refractivity contribution in [1.82, 2.24) is 5.32 Å². The van der Waals surface area contributed by atoms with Gasteiger partial charge in [0.25, 0.3) is 0 Å². The summed E-state index contributed by atoms with van der Waals surface area (Å²) < 4.78 is 32.0. The SMILES string of the molecule is CC(=O)Nc1cccc(OCCCNC(=O)Nc2cc(F)ccc2F)c1. The molecule has 0 aliphatic carbocycles. The molecule has 0 saturated carbocycles. The van der Waals surface area contributed by atoms with Crippen LogP contribution in [0.15, 0.2) is 42.5 Å². The average molecular weight is 363 g/mol. The van der Waals surface area contributed by atoms with Crippen molar-refractivity contribution in [2.24, 2.45) is 0 Å². The Morgan fingerprint density at radius 2 is 1.88 bits per heavy atom. The lowest BCUT2D eigenvalue weighted by atomic mass is 10.3. The first-order valence-corrected chi connectivity index (χ1v) is 7.94. The van der Waals surface area contributed by atoms with Gasteiger partial charge in [-0.25, -0.2) is 13.6 Å².